The number of benzene rings is 1. The van der Waals surface area contributed by atoms with Crippen molar-refractivity contribution in [1.82, 2.24) is 4.98 Å². The molecule has 2 rings (SSSR count). The maximum Gasteiger partial charge on any atom is 0.161 e. The predicted octanol–water partition coefficient (Wildman–Crippen LogP) is 3.49. The summed E-state index contributed by atoms with van der Waals surface area (Å²) in [6.07, 6.45) is 3.57. The van der Waals surface area contributed by atoms with Crippen LogP contribution in [-0.2, 0) is 5.41 Å². The largest absolute Gasteiger partial charge is 0.493 e. The van der Waals surface area contributed by atoms with E-state index in [9.17, 15) is 0 Å². The average molecular weight is 286 g/mol. The molecule has 0 saturated carbocycles. The van der Waals surface area contributed by atoms with Crippen LogP contribution >= 0.6 is 0 Å². The van der Waals surface area contributed by atoms with Crippen LogP contribution in [0.4, 0.5) is 5.69 Å². The number of ether oxygens (including phenoxy) is 2. The topological polar surface area (TPSA) is 43.4 Å². The van der Waals surface area contributed by atoms with Crippen molar-refractivity contribution in [3.8, 4) is 11.5 Å². The summed E-state index contributed by atoms with van der Waals surface area (Å²) < 4.78 is 10.7. The Hall–Kier alpha value is -2.23. The number of pyridine rings is 1. The highest BCUT2D eigenvalue weighted by atomic mass is 16.5. The highest BCUT2D eigenvalue weighted by molar-refractivity contribution is 5.46. The first-order valence-electron chi connectivity index (χ1n) is 6.93. The number of nitrogens with zero attached hydrogens (tertiary/aromatic N) is 1. The second kappa shape index (κ2) is 6.48. The summed E-state index contributed by atoms with van der Waals surface area (Å²) >= 11 is 0. The van der Waals surface area contributed by atoms with E-state index in [0.29, 0.717) is 0 Å². The molecule has 21 heavy (non-hydrogen) atoms. The van der Waals surface area contributed by atoms with E-state index in [1.807, 2.05) is 24.3 Å². The van der Waals surface area contributed by atoms with Gasteiger partial charge in [0.1, 0.15) is 0 Å². The molecule has 4 nitrogen and oxygen atoms in total. The quantitative estimate of drug-likeness (QED) is 0.883. The minimum Gasteiger partial charge on any atom is -0.493 e. The number of hydrogen-bond acceptors (Lipinski definition) is 4. The van der Waals surface area contributed by atoms with E-state index >= 15 is 0 Å². The molecule has 0 atom stereocenters. The minimum atomic E-state index is -0.0389. The van der Waals surface area contributed by atoms with Crippen LogP contribution in [0.5, 0.6) is 11.5 Å². The highest BCUT2D eigenvalue weighted by Gasteiger charge is 2.22. The van der Waals surface area contributed by atoms with Crippen molar-refractivity contribution in [3.05, 3.63) is 48.3 Å². The molecule has 0 fully saturated rings. The highest BCUT2D eigenvalue weighted by Crippen LogP contribution is 2.33. The van der Waals surface area contributed by atoms with Gasteiger partial charge in [0, 0.05) is 30.0 Å². The van der Waals surface area contributed by atoms with Gasteiger partial charge < -0.3 is 14.8 Å². The zero-order valence-electron chi connectivity index (χ0n) is 13.0. The van der Waals surface area contributed by atoms with Crippen molar-refractivity contribution in [1.29, 1.82) is 0 Å². The number of aromatic nitrogens is 1. The van der Waals surface area contributed by atoms with Crippen LogP contribution in [-0.4, -0.2) is 25.7 Å². The van der Waals surface area contributed by atoms with Crippen molar-refractivity contribution in [2.24, 2.45) is 0 Å². The monoisotopic (exact) mass is 286 g/mol. The molecule has 0 aliphatic rings. The van der Waals surface area contributed by atoms with E-state index < -0.39 is 0 Å². The van der Waals surface area contributed by atoms with Gasteiger partial charge in [0.15, 0.2) is 11.5 Å². The molecular weight excluding hydrogens is 264 g/mol. The van der Waals surface area contributed by atoms with Crippen molar-refractivity contribution < 1.29 is 9.47 Å². The van der Waals surface area contributed by atoms with Gasteiger partial charge in [-0.3, -0.25) is 4.98 Å². The van der Waals surface area contributed by atoms with Crippen LogP contribution in [0, 0.1) is 0 Å². The number of hydrogen-bond donors (Lipinski definition) is 1. The second-order valence-electron chi connectivity index (χ2n) is 5.54. The molecule has 0 aliphatic heterocycles. The Balaban J connectivity index is 2.15. The summed E-state index contributed by atoms with van der Waals surface area (Å²) in [6.45, 7) is 5.21. The van der Waals surface area contributed by atoms with Crippen LogP contribution < -0.4 is 14.8 Å². The maximum absolute atomic E-state index is 5.38. The summed E-state index contributed by atoms with van der Waals surface area (Å²) in [6, 6.07) is 9.99. The fraction of sp³-hybridized carbons (Fsp3) is 0.353. The SMILES string of the molecule is COc1ccc(C(C)(C)CNc2ccncc2)cc1OC. The fourth-order valence-corrected chi connectivity index (χ4v) is 2.15. The van der Waals surface area contributed by atoms with Gasteiger partial charge in [-0.05, 0) is 29.8 Å². The molecule has 2 aromatic rings. The van der Waals surface area contributed by atoms with Gasteiger partial charge in [0.25, 0.3) is 0 Å². The van der Waals surface area contributed by atoms with Crippen LogP contribution in [0.1, 0.15) is 19.4 Å². The van der Waals surface area contributed by atoms with Gasteiger partial charge in [-0.25, -0.2) is 0 Å². The maximum atomic E-state index is 5.38. The van der Waals surface area contributed by atoms with Gasteiger partial charge >= 0.3 is 0 Å². The molecule has 1 aromatic carbocycles. The van der Waals surface area contributed by atoms with Crippen molar-refractivity contribution in [2.45, 2.75) is 19.3 Å². The van der Waals surface area contributed by atoms with Gasteiger partial charge in [0.05, 0.1) is 14.2 Å². The van der Waals surface area contributed by atoms with Crippen LogP contribution in [0.25, 0.3) is 0 Å². The van der Waals surface area contributed by atoms with Gasteiger partial charge in [-0.1, -0.05) is 19.9 Å². The van der Waals surface area contributed by atoms with Crippen LogP contribution in [0.15, 0.2) is 42.7 Å². The molecule has 0 aliphatic carbocycles. The van der Waals surface area contributed by atoms with Crippen molar-refractivity contribution in [3.63, 3.8) is 0 Å². The summed E-state index contributed by atoms with van der Waals surface area (Å²) in [7, 11) is 3.30. The molecule has 112 valence electrons. The minimum absolute atomic E-state index is 0.0389. The first-order chi connectivity index (χ1) is 10.1. The number of nitrogens with one attached hydrogen (secondary N) is 1. The zero-order chi connectivity index (χ0) is 15.3. The van der Waals surface area contributed by atoms with Gasteiger partial charge in [-0.15, -0.1) is 0 Å². The first-order valence-corrected chi connectivity index (χ1v) is 6.93. The lowest BCUT2D eigenvalue weighted by Crippen LogP contribution is -2.27. The lowest BCUT2D eigenvalue weighted by molar-refractivity contribution is 0.353. The lowest BCUT2D eigenvalue weighted by atomic mass is 9.84. The summed E-state index contributed by atoms with van der Waals surface area (Å²) in [5.41, 5.74) is 2.23. The van der Waals surface area contributed by atoms with E-state index in [2.05, 4.69) is 30.2 Å². The summed E-state index contributed by atoms with van der Waals surface area (Å²) in [5.74, 6) is 1.51. The van der Waals surface area contributed by atoms with E-state index in [4.69, 9.17) is 9.47 Å². The molecular formula is C17H22N2O2. The van der Waals surface area contributed by atoms with Gasteiger partial charge in [0.2, 0.25) is 0 Å². The normalized spacial score (nSPS) is 11.0. The Morgan fingerprint density at radius 3 is 2.29 bits per heavy atom. The third-order valence-corrected chi connectivity index (χ3v) is 3.58. The Bertz CT molecular complexity index is 583. The lowest BCUT2D eigenvalue weighted by Gasteiger charge is -2.27. The third-order valence-electron chi connectivity index (χ3n) is 3.58. The number of methoxy groups -OCH3 is 2. The van der Waals surface area contributed by atoms with Crippen molar-refractivity contribution in [2.75, 3.05) is 26.1 Å². The van der Waals surface area contributed by atoms with E-state index in [1.165, 1.54) is 5.56 Å². The number of anilines is 1. The predicted molar refractivity (Wildman–Crippen MR) is 85.3 cm³/mol. The molecule has 1 aromatic heterocycles. The van der Waals surface area contributed by atoms with E-state index in [0.717, 1.165) is 23.7 Å². The second-order valence-corrected chi connectivity index (χ2v) is 5.54. The molecule has 0 unspecified atom stereocenters. The Morgan fingerprint density at radius 1 is 1.00 bits per heavy atom. The standard InChI is InChI=1S/C17H22N2O2/c1-17(2,12-19-14-7-9-18-10-8-14)13-5-6-15(20-3)16(11-13)21-4/h5-11H,12H2,1-4H3,(H,18,19). The Morgan fingerprint density at radius 2 is 1.67 bits per heavy atom. The summed E-state index contributed by atoms with van der Waals surface area (Å²) in [5, 5.41) is 3.44. The molecule has 0 amide bonds. The number of rotatable bonds is 6. The van der Waals surface area contributed by atoms with Crippen molar-refractivity contribution >= 4 is 5.69 Å². The molecule has 0 saturated heterocycles. The molecule has 0 spiro atoms. The van der Waals surface area contributed by atoms with Crippen LogP contribution in [0.2, 0.25) is 0 Å². The zero-order valence-corrected chi connectivity index (χ0v) is 13.0. The Labute approximate surface area is 126 Å². The third kappa shape index (κ3) is 3.66. The van der Waals surface area contributed by atoms with Gasteiger partial charge in [-0.2, -0.15) is 0 Å². The summed E-state index contributed by atoms with van der Waals surface area (Å²) in [4.78, 5) is 4.02. The fourth-order valence-electron chi connectivity index (χ4n) is 2.15. The van der Waals surface area contributed by atoms with Crippen LogP contribution in [0.3, 0.4) is 0 Å². The molecule has 1 N–H and O–H groups in total. The molecule has 0 bridgehead atoms. The smallest absolute Gasteiger partial charge is 0.161 e. The van der Waals surface area contributed by atoms with E-state index in [1.54, 1.807) is 26.6 Å². The average Bonchev–Trinajstić information content (AvgIpc) is 2.53. The molecule has 4 heteroatoms. The molecule has 0 radical (unpaired) electrons. The first kappa shape index (κ1) is 15.2. The van der Waals surface area contributed by atoms with E-state index in [-0.39, 0.29) is 5.41 Å². The Kier molecular flexibility index (Phi) is 4.68. The molecule has 1 heterocycles.